The van der Waals surface area contributed by atoms with E-state index in [1.54, 1.807) is 0 Å². The molecule has 0 spiro atoms. The maximum Gasteiger partial charge on any atom is 1.00 e. The van der Waals surface area contributed by atoms with E-state index in [9.17, 15) is 18.1 Å². The molecule has 0 aromatic heterocycles. The second kappa shape index (κ2) is 6.66. The van der Waals surface area contributed by atoms with Crippen LogP contribution >= 0.6 is 0 Å². The van der Waals surface area contributed by atoms with Gasteiger partial charge in [-0.15, -0.1) is 0 Å². The van der Waals surface area contributed by atoms with Crippen LogP contribution in [0.2, 0.25) is 0 Å². The molecular formula is C18H21NaO5S. The van der Waals surface area contributed by atoms with Gasteiger partial charge >= 0.3 is 29.6 Å². The SMILES string of the molecule is [2H]c1cc2c(c([2H])c1OS(=O)(=O)[O-])CC=C1[C@@H]2CC[C@@]2(C)[C@H]1CC([2H])([2H])[C@@H]2O.[Na+]. The van der Waals surface area contributed by atoms with Crippen molar-refractivity contribution in [2.45, 2.75) is 51.0 Å². The van der Waals surface area contributed by atoms with Crippen molar-refractivity contribution in [1.82, 2.24) is 0 Å². The van der Waals surface area contributed by atoms with Gasteiger partial charge in [-0.05, 0) is 61.2 Å². The first-order valence-electron chi connectivity index (χ1n) is 10.0. The smallest absolute Gasteiger partial charge is 0.716 e. The Morgan fingerprint density at radius 1 is 1.48 bits per heavy atom. The summed E-state index contributed by atoms with van der Waals surface area (Å²) in [5, 5.41) is 10.6. The minimum Gasteiger partial charge on any atom is -0.716 e. The number of aliphatic hydroxyl groups excluding tert-OH is 1. The molecule has 0 amide bonds. The average molecular weight is 376 g/mol. The Bertz CT molecular complexity index is 996. The second-order valence-electron chi connectivity index (χ2n) is 7.04. The van der Waals surface area contributed by atoms with Crippen molar-refractivity contribution in [2.24, 2.45) is 11.3 Å². The summed E-state index contributed by atoms with van der Waals surface area (Å²) in [6.45, 7) is 1.92. The van der Waals surface area contributed by atoms with Crippen molar-refractivity contribution in [3.05, 3.63) is 40.9 Å². The summed E-state index contributed by atoms with van der Waals surface area (Å²) in [5.74, 6) is -0.807. The molecule has 1 N–H and O–H groups in total. The molecule has 2 saturated carbocycles. The van der Waals surface area contributed by atoms with Crippen LogP contribution in [0, 0.1) is 11.3 Å². The molecular weight excluding hydrogens is 351 g/mol. The van der Waals surface area contributed by atoms with Gasteiger partial charge in [0.25, 0.3) is 10.4 Å². The van der Waals surface area contributed by atoms with Crippen molar-refractivity contribution < 1.29 is 57.3 Å². The van der Waals surface area contributed by atoms with Crippen LogP contribution in [0.4, 0.5) is 0 Å². The van der Waals surface area contributed by atoms with Gasteiger partial charge in [-0.1, -0.05) is 24.6 Å². The number of allylic oxidation sites excluding steroid dienone is 2. The molecule has 5 nitrogen and oxygen atoms in total. The molecule has 1 aromatic carbocycles. The van der Waals surface area contributed by atoms with Crippen LogP contribution in [-0.2, 0) is 16.8 Å². The first-order chi connectivity index (χ1) is 12.8. The van der Waals surface area contributed by atoms with Gasteiger partial charge in [-0.3, -0.25) is 0 Å². The summed E-state index contributed by atoms with van der Waals surface area (Å²) in [4.78, 5) is 0. The van der Waals surface area contributed by atoms with Crippen LogP contribution < -0.4 is 33.7 Å². The van der Waals surface area contributed by atoms with Crippen LogP contribution in [0.5, 0.6) is 5.75 Å². The van der Waals surface area contributed by atoms with Crippen molar-refractivity contribution in [3.8, 4) is 5.75 Å². The van der Waals surface area contributed by atoms with E-state index in [0.717, 1.165) is 11.1 Å². The Kier molecular flexibility index (Phi) is 3.90. The van der Waals surface area contributed by atoms with Crippen LogP contribution in [0.1, 0.15) is 55.1 Å². The molecule has 0 saturated heterocycles. The van der Waals surface area contributed by atoms with E-state index in [1.165, 1.54) is 6.07 Å². The van der Waals surface area contributed by atoms with E-state index in [2.05, 4.69) is 4.18 Å². The van der Waals surface area contributed by atoms with Gasteiger partial charge in [0.2, 0.25) is 0 Å². The zero-order valence-corrected chi connectivity index (χ0v) is 17.0. The minimum atomic E-state index is -5.09. The monoisotopic (exact) mass is 376 g/mol. The summed E-state index contributed by atoms with van der Waals surface area (Å²) >= 11 is 0. The Morgan fingerprint density at radius 2 is 2.24 bits per heavy atom. The summed E-state index contributed by atoms with van der Waals surface area (Å²) in [6.07, 6.45) is 0.980. The van der Waals surface area contributed by atoms with Crippen molar-refractivity contribution in [2.75, 3.05) is 0 Å². The van der Waals surface area contributed by atoms with Gasteiger partial charge < -0.3 is 13.8 Å². The van der Waals surface area contributed by atoms with Gasteiger partial charge in [0, 0.05) is 14.1 Å². The molecule has 0 aliphatic heterocycles. The molecule has 25 heavy (non-hydrogen) atoms. The first kappa shape index (κ1) is 14.7. The largest absolute Gasteiger partial charge is 1.00 e. The number of fused-ring (bicyclic) bond motifs is 5. The predicted octanol–water partition coefficient (Wildman–Crippen LogP) is -0.333. The molecule has 0 unspecified atom stereocenters. The van der Waals surface area contributed by atoms with Gasteiger partial charge in [-0.2, -0.15) is 0 Å². The third-order valence-electron chi connectivity index (χ3n) is 5.79. The fraction of sp³-hybridized carbons (Fsp3) is 0.556. The predicted molar refractivity (Wildman–Crippen MR) is 87.4 cm³/mol. The number of benzene rings is 1. The maximum absolute atomic E-state index is 10.9. The summed E-state index contributed by atoms with van der Waals surface area (Å²) in [5.41, 5.74) is 1.71. The Balaban J connectivity index is 0.00000240. The standard InChI is InChI=1S/C18H22O5S.Na/c1-18-9-8-14-13-5-3-12(23-24(20,21)22)10-11(13)2-4-15(14)16(18)6-7-17(18)19;/h3-5,10,14,16-17,19H,2,6-9H2,1H3,(H,20,21,22);/q;+1/p-1/t14-,16+,17+,18+;/m1./s1/i3D,7D2,10D;. The molecule has 0 radical (unpaired) electrons. The van der Waals surface area contributed by atoms with E-state index >= 15 is 0 Å². The van der Waals surface area contributed by atoms with E-state index in [1.807, 2.05) is 13.0 Å². The number of rotatable bonds is 2. The molecule has 3 aliphatic carbocycles. The minimum absolute atomic E-state index is 0. The van der Waals surface area contributed by atoms with E-state index in [4.69, 9.17) is 5.48 Å². The third-order valence-corrected chi connectivity index (χ3v) is 6.16. The third kappa shape index (κ3) is 3.33. The fourth-order valence-corrected chi connectivity index (χ4v) is 4.80. The van der Waals surface area contributed by atoms with Crippen molar-refractivity contribution in [3.63, 3.8) is 0 Å². The van der Waals surface area contributed by atoms with E-state index in [0.29, 0.717) is 24.8 Å². The topological polar surface area (TPSA) is 86.7 Å². The molecule has 3 aliphatic rings. The molecule has 1 aromatic rings. The summed E-state index contributed by atoms with van der Waals surface area (Å²) < 4.78 is 69.8. The Labute approximate surface area is 176 Å². The second-order valence-corrected chi connectivity index (χ2v) is 8.02. The number of hydrogen-bond donors (Lipinski definition) is 1. The molecule has 7 heteroatoms. The van der Waals surface area contributed by atoms with Crippen molar-refractivity contribution >= 4 is 10.4 Å². The average Bonchev–Trinajstić information content (AvgIpc) is 2.77. The molecule has 0 heterocycles. The zero-order chi connectivity index (χ0) is 20.6. The molecule has 0 bridgehead atoms. The zero-order valence-electron chi connectivity index (χ0n) is 18.2. The van der Waals surface area contributed by atoms with Gasteiger partial charge in [-0.25, -0.2) is 8.42 Å². The van der Waals surface area contributed by atoms with Gasteiger partial charge in [0.05, 0.1) is 8.85 Å². The maximum atomic E-state index is 10.9. The summed E-state index contributed by atoms with van der Waals surface area (Å²) in [7, 11) is -5.09. The molecule has 2 fully saturated rings. The van der Waals surface area contributed by atoms with E-state index in [-0.39, 0.29) is 59.9 Å². The summed E-state index contributed by atoms with van der Waals surface area (Å²) in [6, 6.07) is 0.848. The Morgan fingerprint density at radius 3 is 2.96 bits per heavy atom. The Hall–Kier alpha value is -0.370. The van der Waals surface area contributed by atoms with Crippen LogP contribution in [0.15, 0.2) is 29.8 Å². The van der Waals surface area contributed by atoms with Crippen LogP contribution in [-0.4, -0.2) is 24.2 Å². The first-order valence-corrected chi connectivity index (χ1v) is 9.35. The van der Waals surface area contributed by atoms with Gasteiger partial charge in [0.1, 0.15) is 5.75 Å². The van der Waals surface area contributed by atoms with Crippen LogP contribution in [0.25, 0.3) is 0 Å². The number of hydrogen-bond acceptors (Lipinski definition) is 5. The van der Waals surface area contributed by atoms with Crippen molar-refractivity contribution in [1.29, 1.82) is 0 Å². The van der Waals surface area contributed by atoms with Crippen LogP contribution in [0.3, 0.4) is 0 Å². The van der Waals surface area contributed by atoms with E-state index < -0.39 is 34.0 Å². The fourth-order valence-electron chi connectivity index (χ4n) is 4.50. The molecule has 4 atom stereocenters. The number of aliphatic hydroxyl groups is 1. The molecule has 130 valence electrons. The van der Waals surface area contributed by atoms with Gasteiger partial charge in [0.15, 0.2) is 0 Å². The molecule has 4 rings (SSSR count). The normalized spacial score (nSPS) is 37.7. The quantitative estimate of drug-likeness (QED) is 0.331.